The van der Waals surface area contributed by atoms with Crippen LogP contribution in [0, 0.1) is 0 Å². The summed E-state index contributed by atoms with van der Waals surface area (Å²) in [6, 6.07) is 2.93. The van der Waals surface area contributed by atoms with Crippen LogP contribution in [0.4, 0.5) is 23.5 Å². The molecule has 1 atom stereocenters. The number of fused-ring (bicyclic) bond motifs is 1. The van der Waals surface area contributed by atoms with E-state index in [2.05, 4.69) is 9.97 Å². The molecule has 0 aliphatic heterocycles. The quantitative estimate of drug-likeness (QED) is 0.660. The van der Waals surface area contributed by atoms with Crippen molar-refractivity contribution in [2.45, 2.75) is 44.1 Å². The van der Waals surface area contributed by atoms with Gasteiger partial charge >= 0.3 is 6.18 Å². The number of rotatable bonds is 3. The van der Waals surface area contributed by atoms with Crippen LogP contribution >= 0.6 is 11.6 Å². The topological polar surface area (TPSA) is 59.8 Å². The molecule has 24 heavy (non-hydrogen) atoms. The molecule has 0 saturated heterocycles. The zero-order chi connectivity index (χ0) is 17.7. The number of pyridine rings is 1. The lowest BCUT2D eigenvalue weighted by Gasteiger charge is -2.29. The van der Waals surface area contributed by atoms with Crippen molar-refractivity contribution < 1.29 is 22.4 Å². The number of halogens is 5. The monoisotopic (exact) mass is 364 g/mol. The van der Waals surface area contributed by atoms with Gasteiger partial charge in [-0.25, -0.2) is 14.4 Å². The summed E-state index contributed by atoms with van der Waals surface area (Å²) in [5.74, 6) is -1.99. The molecule has 0 spiro atoms. The highest BCUT2D eigenvalue weighted by Crippen LogP contribution is 2.38. The second-order valence-corrected chi connectivity index (χ2v) is 6.21. The van der Waals surface area contributed by atoms with Gasteiger partial charge in [-0.05, 0) is 38.3 Å². The number of amides is 1. The van der Waals surface area contributed by atoms with Crippen molar-refractivity contribution in [3.63, 3.8) is 0 Å². The van der Waals surface area contributed by atoms with Crippen LogP contribution in [0.1, 0.15) is 32.2 Å². The minimum absolute atomic E-state index is 0.0759. The Bertz CT molecular complexity index is 798. The maximum atomic E-state index is 13.8. The van der Waals surface area contributed by atoms with Gasteiger partial charge in [-0.3, -0.25) is 14.7 Å². The molecule has 2 heterocycles. The summed E-state index contributed by atoms with van der Waals surface area (Å²) in [5, 5.41) is 2.14. The summed E-state index contributed by atoms with van der Waals surface area (Å²) in [6.45, 7) is 0.174. The molecule has 130 valence electrons. The molecule has 5 nitrogen and oxygen atoms in total. The molecule has 1 aliphatic carbocycles. The highest BCUT2D eigenvalue weighted by Gasteiger charge is 2.58. The molecule has 2 aromatic rings. The average Bonchev–Trinajstić information content (AvgIpc) is 2.74. The standard InChI is InChI=1S/C14H13ClF4N4O/c1-13(16,14(17,18)19)11(24)22-12-20-8-5-6-9(15)21-10(8)23(12)7-3-2-4-7/h5-7H,2-4H2,1H3,(H,20,22,24). The van der Waals surface area contributed by atoms with Gasteiger partial charge < -0.3 is 0 Å². The van der Waals surface area contributed by atoms with Crippen molar-refractivity contribution >= 4 is 34.6 Å². The second-order valence-electron chi connectivity index (χ2n) is 5.82. The first-order valence-corrected chi connectivity index (χ1v) is 7.60. The zero-order valence-electron chi connectivity index (χ0n) is 12.5. The van der Waals surface area contributed by atoms with Gasteiger partial charge in [0.1, 0.15) is 10.7 Å². The van der Waals surface area contributed by atoms with Crippen LogP contribution in [0.5, 0.6) is 0 Å². The molecule has 3 rings (SSSR count). The number of anilines is 1. The van der Waals surface area contributed by atoms with Crippen LogP contribution in [-0.2, 0) is 4.79 Å². The van der Waals surface area contributed by atoms with E-state index in [1.54, 1.807) is 0 Å². The van der Waals surface area contributed by atoms with Crippen LogP contribution in [0.15, 0.2) is 12.1 Å². The van der Waals surface area contributed by atoms with Crippen molar-refractivity contribution in [3.8, 4) is 0 Å². The molecule has 1 unspecified atom stereocenters. The van der Waals surface area contributed by atoms with Crippen LogP contribution in [0.3, 0.4) is 0 Å². The van der Waals surface area contributed by atoms with Crippen molar-refractivity contribution in [3.05, 3.63) is 17.3 Å². The van der Waals surface area contributed by atoms with Crippen LogP contribution in [0.25, 0.3) is 11.2 Å². The highest BCUT2D eigenvalue weighted by atomic mass is 35.5. The van der Waals surface area contributed by atoms with Gasteiger partial charge in [-0.2, -0.15) is 13.2 Å². The lowest BCUT2D eigenvalue weighted by Crippen LogP contribution is -2.48. The Morgan fingerprint density at radius 1 is 1.29 bits per heavy atom. The number of hydrogen-bond acceptors (Lipinski definition) is 3. The molecular formula is C14H13ClF4N4O. The zero-order valence-corrected chi connectivity index (χ0v) is 13.2. The summed E-state index contributed by atoms with van der Waals surface area (Å²) in [6.07, 6.45) is -2.88. The molecule has 1 amide bonds. The van der Waals surface area contributed by atoms with E-state index in [1.165, 1.54) is 16.7 Å². The minimum Gasteiger partial charge on any atom is -0.293 e. The molecule has 1 fully saturated rings. The first-order chi connectivity index (χ1) is 11.1. The molecule has 0 aromatic carbocycles. The smallest absolute Gasteiger partial charge is 0.293 e. The third-order valence-electron chi connectivity index (χ3n) is 4.13. The number of carbonyl (C=O) groups excluding carboxylic acids is 1. The van der Waals surface area contributed by atoms with E-state index >= 15 is 0 Å². The molecule has 2 aromatic heterocycles. The Morgan fingerprint density at radius 3 is 2.50 bits per heavy atom. The Kier molecular flexibility index (Phi) is 3.94. The molecule has 0 bridgehead atoms. The van der Waals surface area contributed by atoms with E-state index in [4.69, 9.17) is 11.6 Å². The fraction of sp³-hybridized carbons (Fsp3) is 0.500. The van der Waals surface area contributed by atoms with Gasteiger partial charge in [0.05, 0.1) is 0 Å². The fourth-order valence-electron chi connectivity index (χ4n) is 2.38. The maximum Gasteiger partial charge on any atom is 0.431 e. The summed E-state index contributed by atoms with van der Waals surface area (Å²) < 4.78 is 53.4. The summed E-state index contributed by atoms with van der Waals surface area (Å²) in [4.78, 5) is 20.0. The van der Waals surface area contributed by atoms with Crippen LogP contribution in [0.2, 0.25) is 5.15 Å². The molecule has 1 N–H and O–H groups in total. The first-order valence-electron chi connectivity index (χ1n) is 7.23. The SMILES string of the molecule is CC(F)(C(=O)Nc1nc2ccc(Cl)nc2n1C1CCC1)C(F)(F)F. The second kappa shape index (κ2) is 5.58. The van der Waals surface area contributed by atoms with Crippen molar-refractivity contribution in [2.24, 2.45) is 0 Å². The van der Waals surface area contributed by atoms with E-state index in [-0.39, 0.29) is 24.1 Å². The number of alkyl halides is 4. The van der Waals surface area contributed by atoms with Crippen molar-refractivity contribution in [1.82, 2.24) is 14.5 Å². The van der Waals surface area contributed by atoms with Crippen molar-refractivity contribution in [2.75, 3.05) is 5.32 Å². The third kappa shape index (κ3) is 2.70. The lowest BCUT2D eigenvalue weighted by molar-refractivity contribution is -0.218. The van der Waals surface area contributed by atoms with Gasteiger partial charge in [0.15, 0.2) is 5.65 Å². The minimum atomic E-state index is -5.33. The Labute approximate surface area is 139 Å². The van der Waals surface area contributed by atoms with Gasteiger partial charge in [0.2, 0.25) is 5.95 Å². The third-order valence-corrected chi connectivity index (χ3v) is 4.34. The highest BCUT2D eigenvalue weighted by molar-refractivity contribution is 6.29. The Morgan fingerprint density at radius 2 is 1.96 bits per heavy atom. The Balaban J connectivity index is 2.02. The molecular weight excluding hydrogens is 352 g/mol. The molecule has 1 aliphatic rings. The fourth-order valence-corrected chi connectivity index (χ4v) is 2.52. The number of nitrogens with zero attached hydrogens (tertiary/aromatic N) is 3. The molecule has 10 heteroatoms. The van der Waals surface area contributed by atoms with Gasteiger partial charge in [-0.15, -0.1) is 0 Å². The number of carbonyl (C=O) groups is 1. The van der Waals surface area contributed by atoms with Crippen LogP contribution in [-0.4, -0.2) is 32.3 Å². The normalized spacial score (nSPS) is 18.2. The average molecular weight is 365 g/mol. The summed E-state index contributed by atoms with van der Waals surface area (Å²) in [5.41, 5.74) is -3.33. The van der Waals surface area contributed by atoms with E-state index < -0.39 is 17.8 Å². The van der Waals surface area contributed by atoms with Gasteiger partial charge in [-0.1, -0.05) is 11.6 Å². The first kappa shape index (κ1) is 16.9. The van der Waals surface area contributed by atoms with E-state index in [9.17, 15) is 22.4 Å². The number of imidazole rings is 1. The predicted octanol–water partition coefficient (Wildman–Crippen LogP) is 4.04. The lowest BCUT2D eigenvalue weighted by atomic mass is 9.93. The van der Waals surface area contributed by atoms with Gasteiger partial charge in [0.25, 0.3) is 11.6 Å². The number of nitrogens with one attached hydrogen (secondary N) is 1. The predicted molar refractivity (Wildman–Crippen MR) is 79.6 cm³/mol. The molecule has 1 saturated carbocycles. The van der Waals surface area contributed by atoms with E-state index in [1.807, 2.05) is 5.32 Å². The van der Waals surface area contributed by atoms with Crippen LogP contribution < -0.4 is 5.32 Å². The maximum absolute atomic E-state index is 13.8. The van der Waals surface area contributed by atoms with Gasteiger partial charge in [0, 0.05) is 6.04 Å². The number of hydrogen-bond donors (Lipinski definition) is 1. The van der Waals surface area contributed by atoms with Crippen molar-refractivity contribution in [1.29, 1.82) is 0 Å². The largest absolute Gasteiger partial charge is 0.431 e. The summed E-state index contributed by atoms with van der Waals surface area (Å²) in [7, 11) is 0. The Hall–Kier alpha value is -1.90. The summed E-state index contributed by atoms with van der Waals surface area (Å²) >= 11 is 5.86. The number of aromatic nitrogens is 3. The van der Waals surface area contributed by atoms with E-state index in [0.29, 0.717) is 11.2 Å². The van der Waals surface area contributed by atoms with E-state index in [0.717, 1.165) is 19.3 Å². The molecule has 0 radical (unpaired) electrons.